The van der Waals surface area contributed by atoms with E-state index in [-0.39, 0.29) is 10.9 Å². The second-order valence-electron chi connectivity index (χ2n) is 4.98. The van der Waals surface area contributed by atoms with Crippen LogP contribution in [0.3, 0.4) is 0 Å². The van der Waals surface area contributed by atoms with Crippen LogP contribution in [0.15, 0.2) is 38.4 Å². The number of pyridine rings is 1. The first-order valence-electron chi connectivity index (χ1n) is 6.54. The van der Waals surface area contributed by atoms with Crippen LogP contribution in [0.25, 0.3) is 0 Å². The molecule has 0 bridgehead atoms. The molecule has 3 heterocycles. The predicted octanol–water partition coefficient (Wildman–Crippen LogP) is 2.67. The van der Waals surface area contributed by atoms with Crippen molar-refractivity contribution in [2.45, 2.75) is 30.7 Å². The van der Waals surface area contributed by atoms with Gasteiger partial charge in [-0.05, 0) is 41.8 Å². The Morgan fingerprint density at radius 3 is 2.86 bits per heavy atom. The molecule has 112 valence electrons. The molecule has 0 radical (unpaired) electrons. The molecular formula is C13H14BrN3O3S. The van der Waals surface area contributed by atoms with E-state index in [9.17, 15) is 8.42 Å². The van der Waals surface area contributed by atoms with Crippen LogP contribution < -0.4 is 0 Å². The van der Waals surface area contributed by atoms with Gasteiger partial charge in [0, 0.05) is 29.5 Å². The lowest BCUT2D eigenvalue weighted by molar-refractivity contribution is 0.297. The van der Waals surface area contributed by atoms with E-state index in [1.807, 2.05) is 6.92 Å². The normalized spacial score (nSPS) is 20.0. The maximum Gasteiger partial charge on any atom is 0.245 e. The van der Waals surface area contributed by atoms with Gasteiger partial charge in [-0.2, -0.15) is 4.31 Å². The van der Waals surface area contributed by atoms with Crippen molar-refractivity contribution < 1.29 is 12.9 Å². The first kappa shape index (κ1) is 14.7. The summed E-state index contributed by atoms with van der Waals surface area (Å²) < 4.78 is 32.9. The van der Waals surface area contributed by atoms with Gasteiger partial charge in [-0.3, -0.25) is 4.98 Å². The minimum Gasteiger partial charge on any atom is -0.359 e. The minimum absolute atomic E-state index is 0.181. The van der Waals surface area contributed by atoms with Crippen LogP contribution in [-0.2, 0) is 10.0 Å². The van der Waals surface area contributed by atoms with Gasteiger partial charge in [0.05, 0.1) is 11.7 Å². The largest absolute Gasteiger partial charge is 0.359 e. The molecule has 1 atom stereocenters. The van der Waals surface area contributed by atoms with Gasteiger partial charge in [0.1, 0.15) is 4.90 Å². The van der Waals surface area contributed by atoms with Crippen molar-refractivity contribution in [2.24, 2.45) is 0 Å². The predicted molar refractivity (Wildman–Crippen MR) is 79.0 cm³/mol. The zero-order valence-electron chi connectivity index (χ0n) is 11.4. The average Bonchev–Trinajstić information content (AvgIpc) is 3.07. The summed E-state index contributed by atoms with van der Waals surface area (Å²) in [6.45, 7) is 2.29. The summed E-state index contributed by atoms with van der Waals surface area (Å²) in [6.07, 6.45) is 4.45. The summed E-state index contributed by atoms with van der Waals surface area (Å²) in [6, 6.07) is 3.05. The third-order valence-corrected chi connectivity index (χ3v) is 5.77. The summed E-state index contributed by atoms with van der Waals surface area (Å²) in [7, 11) is -3.60. The maximum absolute atomic E-state index is 12.8. The zero-order chi connectivity index (χ0) is 15.0. The molecule has 0 saturated carbocycles. The van der Waals surface area contributed by atoms with E-state index in [0.717, 1.165) is 18.5 Å². The molecule has 2 aromatic rings. The lowest BCUT2D eigenvalue weighted by Crippen LogP contribution is -2.30. The SMILES string of the molecule is Cc1cc(C2CCCN2S(=O)(=O)c2cncc(Br)c2)on1. The summed E-state index contributed by atoms with van der Waals surface area (Å²) >= 11 is 3.25. The van der Waals surface area contributed by atoms with Crippen LogP contribution in [-0.4, -0.2) is 29.4 Å². The van der Waals surface area contributed by atoms with Crippen molar-refractivity contribution in [3.05, 3.63) is 40.5 Å². The standard InChI is InChI=1S/C13H14BrN3O3S/c1-9-5-13(20-16-9)12-3-2-4-17(12)21(18,19)11-6-10(14)7-15-8-11/h5-8,12H,2-4H2,1H3. The van der Waals surface area contributed by atoms with Gasteiger partial charge in [0.25, 0.3) is 0 Å². The topological polar surface area (TPSA) is 76.3 Å². The van der Waals surface area contributed by atoms with Gasteiger partial charge in [-0.15, -0.1) is 0 Å². The number of hydrogen-bond donors (Lipinski definition) is 0. The molecule has 0 amide bonds. The van der Waals surface area contributed by atoms with E-state index in [1.54, 1.807) is 18.3 Å². The molecule has 0 aliphatic carbocycles. The van der Waals surface area contributed by atoms with Crippen LogP contribution >= 0.6 is 15.9 Å². The first-order chi connectivity index (χ1) is 9.98. The molecule has 1 unspecified atom stereocenters. The maximum atomic E-state index is 12.8. The van der Waals surface area contributed by atoms with Gasteiger partial charge in [-0.1, -0.05) is 5.16 Å². The molecule has 0 aromatic carbocycles. The van der Waals surface area contributed by atoms with Gasteiger partial charge in [-0.25, -0.2) is 8.42 Å². The number of hydrogen-bond acceptors (Lipinski definition) is 5. The van der Waals surface area contributed by atoms with Crippen molar-refractivity contribution in [2.75, 3.05) is 6.54 Å². The van der Waals surface area contributed by atoms with Crippen LogP contribution in [0.2, 0.25) is 0 Å². The van der Waals surface area contributed by atoms with Gasteiger partial charge in [0.15, 0.2) is 5.76 Å². The Balaban J connectivity index is 1.98. The summed E-state index contributed by atoms with van der Waals surface area (Å²) in [5.41, 5.74) is 0.748. The molecule has 6 nitrogen and oxygen atoms in total. The Labute approximate surface area is 131 Å². The monoisotopic (exact) mass is 371 g/mol. The minimum atomic E-state index is -3.60. The summed E-state index contributed by atoms with van der Waals surface area (Å²) in [4.78, 5) is 4.12. The second kappa shape index (κ2) is 5.51. The molecule has 0 N–H and O–H groups in total. The lowest BCUT2D eigenvalue weighted by Gasteiger charge is -2.21. The van der Waals surface area contributed by atoms with E-state index in [1.165, 1.54) is 10.5 Å². The number of halogens is 1. The van der Waals surface area contributed by atoms with Gasteiger partial charge in [0.2, 0.25) is 10.0 Å². The smallest absolute Gasteiger partial charge is 0.245 e. The number of nitrogens with zero attached hydrogens (tertiary/aromatic N) is 3. The van der Waals surface area contributed by atoms with Crippen molar-refractivity contribution in [1.82, 2.24) is 14.4 Å². The molecule has 1 aliphatic heterocycles. The van der Waals surface area contributed by atoms with Crippen LogP contribution in [0.5, 0.6) is 0 Å². The van der Waals surface area contributed by atoms with Crippen molar-refractivity contribution in [3.63, 3.8) is 0 Å². The third kappa shape index (κ3) is 2.75. The highest BCUT2D eigenvalue weighted by Gasteiger charge is 2.38. The van der Waals surface area contributed by atoms with E-state index in [0.29, 0.717) is 16.8 Å². The van der Waals surface area contributed by atoms with Crippen LogP contribution in [0, 0.1) is 6.92 Å². The van der Waals surface area contributed by atoms with Crippen molar-refractivity contribution >= 4 is 26.0 Å². The average molecular weight is 372 g/mol. The van der Waals surface area contributed by atoms with Crippen LogP contribution in [0.4, 0.5) is 0 Å². The van der Waals surface area contributed by atoms with E-state index in [2.05, 4.69) is 26.1 Å². The lowest BCUT2D eigenvalue weighted by atomic mass is 10.2. The Kier molecular flexibility index (Phi) is 3.85. The molecule has 21 heavy (non-hydrogen) atoms. The number of aromatic nitrogens is 2. The molecule has 8 heteroatoms. The Bertz CT molecular complexity index is 760. The van der Waals surface area contributed by atoms with E-state index < -0.39 is 10.0 Å². The highest BCUT2D eigenvalue weighted by Crippen LogP contribution is 2.36. The fourth-order valence-corrected chi connectivity index (χ4v) is 4.69. The van der Waals surface area contributed by atoms with Crippen LogP contribution in [0.1, 0.15) is 30.3 Å². The van der Waals surface area contributed by atoms with E-state index in [4.69, 9.17) is 4.52 Å². The summed E-state index contributed by atoms with van der Waals surface area (Å²) in [5.74, 6) is 0.594. The number of rotatable bonds is 3. The number of sulfonamides is 1. The highest BCUT2D eigenvalue weighted by molar-refractivity contribution is 9.10. The Morgan fingerprint density at radius 1 is 1.38 bits per heavy atom. The van der Waals surface area contributed by atoms with Gasteiger partial charge >= 0.3 is 0 Å². The number of aryl methyl sites for hydroxylation is 1. The van der Waals surface area contributed by atoms with Crippen molar-refractivity contribution in [1.29, 1.82) is 0 Å². The Morgan fingerprint density at radius 2 is 2.19 bits per heavy atom. The second-order valence-corrected chi connectivity index (χ2v) is 7.79. The Hall–Kier alpha value is -1.25. The van der Waals surface area contributed by atoms with Gasteiger partial charge < -0.3 is 4.52 Å². The highest BCUT2D eigenvalue weighted by atomic mass is 79.9. The molecule has 3 rings (SSSR count). The van der Waals surface area contributed by atoms with Crippen molar-refractivity contribution in [3.8, 4) is 0 Å². The molecule has 1 saturated heterocycles. The zero-order valence-corrected chi connectivity index (χ0v) is 13.8. The van der Waals surface area contributed by atoms with E-state index >= 15 is 0 Å². The first-order valence-corrected chi connectivity index (χ1v) is 8.77. The summed E-state index contributed by atoms with van der Waals surface area (Å²) in [5, 5.41) is 3.85. The molecule has 1 fully saturated rings. The fourth-order valence-electron chi connectivity index (χ4n) is 2.52. The molecule has 2 aromatic heterocycles. The third-order valence-electron chi connectivity index (χ3n) is 3.46. The molecular weight excluding hydrogens is 358 g/mol. The fraction of sp³-hybridized carbons (Fsp3) is 0.385. The molecule has 0 spiro atoms. The molecule has 1 aliphatic rings. The quantitative estimate of drug-likeness (QED) is 0.828.